The lowest BCUT2D eigenvalue weighted by Gasteiger charge is -2.15. The Labute approximate surface area is 147 Å². The van der Waals surface area contributed by atoms with Crippen molar-refractivity contribution in [2.24, 2.45) is 0 Å². The first kappa shape index (κ1) is 15.2. The molecule has 2 aromatic carbocycles. The quantitative estimate of drug-likeness (QED) is 0.505. The minimum absolute atomic E-state index is 0.0432. The molecular formula is C18H14ClN3OS. The molecule has 24 heavy (non-hydrogen) atoms. The summed E-state index contributed by atoms with van der Waals surface area (Å²) in [6, 6.07) is 15.6. The molecule has 4 rings (SSSR count). The number of anilines is 1. The second kappa shape index (κ2) is 5.92. The molecule has 0 aliphatic rings. The van der Waals surface area contributed by atoms with Gasteiger partial charge in [0.05, 0.1) is 11.0 Å². The lowest BCUT2D eigenvalue weighted by molar-refractivity contribution is 0.0996. The summed E-state index contributed by atoms with van der Waals surface area (Å²) < 4.78 is 1.96. The molecule has 0 atom stereocenters. The minimum atomic E-state index is -0.0432. The van der Waals surface area contributed by atoms with Gasteiger partial charge in [-0.05, 0) is 29.8 Å². The first-order valence-electron chi connectivity index (χ1n) is 7.47. The number of carbonyl (C=O) groups is 1. The second-order valence-corrected chi connectivity index (χ2v) is 6.79. The molecule has 0 saturated carbocycles. The zero-order chi connectivity index (χ0) is 16.7. The lowest BCUT2D eigenvalue weighted by atomic mass is 10.2. The summed E-state index contributed by atoms with van der Waals surface area (Å²) in [5.74, 6) is 0.411. The van der Waals surface area contributed by atoms with Crippen LogP contribution in [0.2, 0.25) is 0 Å². The highest BCUT2D eigenvalue weighted by Crippen LogP contribution is 2.26. The van der Waals surface area contributed by atoms with E-state index in [1.807, 2.05) is 59.1 Å². The van der Waals surface area contributed by atoms with Gasteiger partial charge in [-0.2, -0.15) is 0 Å². The van der Waals surface area contributed by atoms with E-state index in [2.05, 4.69) is 4.98 Å². The SMILES string of the molecule is CN(C(=O)c1cn2c(nc3ccc(CCl)cc32)s1)c1ccccc1. The van der Waals surface area contributed by atoms with Crippen molar-refractivity contribution in [3.05, 3.63) is 65.2 Å². The fraction of sp³-hybridized carbons (Fsp3) is 0.111. The molecule has 0 N–H and O–H groups in total. The van der Waals surface area contributed by atoms with Crippen LogP contribution in [0.5, 0.6) is 0 Å². The second-order valence-electron chi connectivity index (χ2n) is 5.52. The fourth-order valence-corrected chi connectivity index (χ4v) is 3.81. The maximum Gasteiger partial charge on any atom is 0.269 e. The lowest BCUT2D eigenvalue weighted by Crippen LogP contribution is -2.25. The van der Waals surface area contributed by atoms with Crippen LogP contribution in [0, 0.1) is 0 Å². The van der Waals surface area contributed by atoms with Gasteiger partial charge < -0.3 is 4.90 Å². The molecule has 0 saturated heterocycles. The van der Waals surface area contributed by atoms with Gasteiger partial charge in [0.1, 0.15) is 4.88 Å². The number of imidazole rings is 1. The highest BCUT2D eigenvalue weighted by molar-refractivity contribution is 7.19. The van der Waals surface area contributed by atoms with E-state index in [0.29, 0.717) is 10.8 Å². The number of hydrogen-bond acceptors (Lipinski definition) is 3. The zero-order valence-corrected chi connectivity index (χ0v) is 14.5. The molecule has 0 aliphatic heterocycles. The van der Waals surface area contributed by atoms with Crippen molar-refractivity contribution in [1.29, 1.82) is 0 Å². The Morgan fingerprint density at radius 2 is 2.04 bits per heavy atom. The van der Waals surface area contributed by atoms with E-state index in [-0.39, 0.29) is 5.91 Å². The molecule has 0 bridgehead atoms. The van der Waals surface area contributed by atoms with Crippen LogP contribution in [0.25, 0.3) is 16.0 Å². The van der Waals surface area contributed by atoms with E-state index in [4.69, 9.17) is 11.6 Å². The van der Waals surface area contributed by atoms with Gasteiger partial charge in [-0.15, -0.1) is 11.6 Å². The third kappa shape index (κ3) is 2.46. The predicted molar refractivity (Wildman–Crippen MR) is 99.3 cm³/mol. The van der Waals surface area contributed by atoms with Crippen molar-refractivity contribution in [1.82, 2.24) is 9.38 Å². The number of halogens is 1. The van der Waals surface area contributed by atoms with Gasteiger partial charge in [-0.25, -0.2) is 4.98 Å². The molecule has 1 amide bonds. The van der Waals surface area contributed by atoms with Crippen LogP contribution in [0.15, 0.2) is 54.7 Å². The standard InChI is InChI=1S/C18H14ClN3OS/c1-21(13-5-3-2-4-6-13)17(23)16-11-22-15-9-12(10-19)7-8-14(15)20-18(22)24-16/h2-9,11H,10H2,1H3. The number of rotatable bonds is 3. The average Bonchev–Trinajstić information content (AvgIpc) is 3.18. The molecule has 0 unspecified atom stereocenters. The highest BCUT2D eigenvalue weighted by Gasteiger charge is 2.18. The number of thiazole rings is 1. The number of aromatic nitrogens is 2. The molecule has 4 aromatic rings. The number of hydrogen-bond donors (Lipinski definition) is 0. The van der Waals surface area contributed by atoms with Crippen LogP contribution in [0.1, 0.15) is 15.2 Å². The van der Waals surface area contributed by atoms with E-state index in [0.717, 1.165) is 27.2 Å². The molecule has 6 heteroatoms. The molecule has 0 radical (unpaired) electrons. The Balaban J connectivity index is 1.76. The van der Waals surface area contributed by atoms with Gasteiger partial charge in [0.25, 0.3) is 5.91 Å². The van der Waals surface area contributed by atoms with E-state index in [1.54, 1.807) is 11.9 Å². The monoisotopic (exact) mass is 355 g/mol. The summed E-state index contributed by atoms with van der Waals surface area (Å²) in [7, 11) is 1.78. The minimum Gasteiger partial charge on any atom is -0.311 e. The number of amides is 1. The predicted octanol–water partition coefficient (Wildman–Crippen LogP) is 4.56. The van der Waals surface area contributed by atoms with Crippen LogP contribution in [-0.2, 0) is 5.88 Å². The third-order valence-electron chi connectivity index (χ3n) is 3.98. The molecule has 0 spiro atoms. The van der Waals surface area contributed by atoms with Crippen molar-refractivity contribution in [2.75, 3.05) is 11.9 Å². The number of carbonyl (C=O) groups excluding carboxylic acids is 1. The Morgan fingerprint density at radius 1 is 1.25 bits per heavy atom. The van der Waals surface area contributed by atoms with Crippen molar-refractivity contribution < 1.29 is 4.79 Å². The normalized spacial score (nSPS) is 11.2. The van der Waals surface area contributed by atoms with E-state index in [9.17, 15) is 4.79 Å². The van der Waals surface area contributed by atoms with Crippen LogP contribution in [0.4, 0.5) is 5.69 Å². The van der Waals surface area contributed by atoms with Gasteiger partial charge in [-0.3, -0.25) is 9.20 Å². The number of alkyl halides is 1. The summed E-state index contributed by atoms with van der Waals surface area (Å²) in [5.41, 5.74) is 3.78. The van der Waals surface area contributed by atoms with E-state index >= 15 is 0 Å². The zero-order valence-electron chi connectivity index (χ0n) is 12.9. The van der Waals surface area contributed by atoms with Crippen LogP contribution < -0.4 is 4.90 Å². The topological polar surface area (TPSA) is 37.6 Å². The summed E-state index contributed by atoms with van der Waals surface area (Å²) >= 11 is 7.32. The smallest absolute Gasteiger partial charge is 0.269 e. The molecule has 2 heterocycles. The van der Waals surface area contributed by atoms with Crippen LogP contribution in [0.3, 0.4) is 0 Å². The molecule has 4 nitrogen and oxygen atoms in total. The first-order chi connectivity index (χ1) is 11.7. The first-order valence-corrected chi connectivity index (χ1v) is 8.82. The van der Waals surface area contributed by atoms with Gasteiger partial charge in [0.2, 0.25) is 0 Å². The number of para-hydroxylation sites is 1. The number of nitrogens with zero attached hydrogens (tertiary/aromatic N) is 3. The summed E-state index contributed by atoms with van der Waals surface area (Å²) in [6.45, 7) is 0. The summed E-state index contributed by atoms with van der Waals surface area (Å²) in [4.78, 5) is 20.5. The van der Waals surface area contributed by atoms with Crippen molar-refractivity contribution in [3.63, 3.8) is 0 Å². The Bertz CT molecular complexity index is 1040. The Kier molecular flexibility index (Phi) is 3.75. The van der Waals surface area contributed by atoms with Crippen molar-refractivity contribution in [2.45, 2.75) is 5.88 Å². The van der Waals surface area contributed by atoms with Crippen molar-refractivity contribution in [3.8, 4) is 0 Å². The maximum absolute atomic E-state index is 12.7. The number of benzene rings is 2. The largest absolute Gasteiger partial charge is 0.311 e. The maximum atomic E-state index is 12.7. The Hall–Kier alpha value is -2.37. The van der Waals surface area contributed by atoms with E-state index < -0.39 is 0 Å². The summed E-state index contributed by atoms with van der Waals surface area (Å²) in [6.07, 6.45) is 1.86. The molecule has 120 valence electrons. The number of fused-ring (bicyclic) bond motifs is 3. The van der Waals surface area contributed by atoms with E-state index in [1.165, 1.54) is 11.3 Å². The van der Waals surface area contributed by atoms with Crippen molar-refractivity contribution >= 4 is 50.5 Å². The fourth-order valence-electron chi connectivity index (χ4n) is 2.67. The third-order valence-corrected chi connectivity index (χ3v) is 5.26. The average molecular weight is 356 g/mol. The summed E-state index contributed by atoms with van der Waals surface area (Å²) in [5, 5.41) is 0. The van der Waals surface area contributed by atoms with Gasteiger partial charge in [0, 0.05) is 24.8 Å². The van der Waals surface area contributed by atoms with Gasteiger partial charge in [0.15, 0.2) is 4.96 Å². The molecular weight excluding hydrogens is 342 g/mol. The highest BCUT2D eigenvalue weighted by atomic mass is 35.5. The molecule has 0 aliphatic carbocycles. The Morgan fingerprint density at radius 3 is 2.79 bits per heavy atom. The molecule has 0 fully saturated rings. The van der Waals surface area contributed by atoms with Gasteiger partial charge >= 0.3 is 0 Å². The van der Waals surface area contributed by atoms with Crippen LogP contribution in [-0.4, -0.2) is 22.3 Å². The van der Waals surface area contributed by atoms with Crippen LogP contribution >= 0.6 is 22.9 Å². The molecule has 2 aromatic heterocycles. The van der Waals surface area contributed by atoms with Gasteiger partial charge in [-0.1, -0.05) is 35.6 Å².